The van der Waals surface area contributed by atoms with Crippen LogP contribution in [0.5, 0.6) is 5.88 Å². The molecule has 6 heteroatoms. The quantitative estimate of drug-likeness (QED) is 0.606. The largest absolute Gasteiger partial charge is 0.494 e. The summed E-state index contributed by atoms with van der Waals surface area (Å²) < 4.78 is 0. The molecule has 1 rings (SSSR count). The minimum absolute atomic E-state index is 0.121. The number of hydrogen-bond donors (Lipinski definition) is 4. The number of hydrogen-bond acceptors (Lipinski definition) is 4. The number of aromatic nitrogens is 1. The number of pyridine rings is 1. The third kappa shape index (κ3) is 3.10. The van der Waals surface area contributed by atoms with Gasteiger partial charge in [-0.2, -0.15) is 0 Å². The van der Waals surface area contributed by atoms with Crippen LogP contribution in [0.3, 0.4) is 0 Å². The summed E-state index contributed by atoms with van der Waals surface area (Å²) in [4.78, 5) is 25.3. The number of aromatic amines is 1. The van der Waals surface area contributed by atoms with E-state index >= 15 is 0 Å². The van der Waals surface area contributed by atoms with Crippen LogP contribution in [-0.4, -0.2) is 28.1 Å². The van der Waals surface area contributed by atoms with Crippen molar-refractivity contribution in [2.45, 2.75) is 32.2 Å². The molecule has 1 aromatic rings. The third-order valence-electron chi connectivity index (χ3n) is 3.22. The summed E-state index contributed by atoms with van der Waals surface area (Å²) in [7, 11) is 0. The molecule has 0 saturated carbocycles. The summed E-state index contributed by atoms with van der Waals surface area (Å²) in [5.74, 6) is -0.746. The molecule has 0 aliphatic rings. The van der Waals surface area contributed by atoms with E-state index in [4.69, 9.17) is 5.73 Å². The highest BCUT2D eigenvalue weighted by Crippen LogP contribution is 2.14. The van der Waals surface area contributed by atoms with Gasteiger partial charge in [0.15, 0.2) is 5.88 Å². The maximum atomic E-state index is 12.0. The van der Waals surface area contributed by atoms with Crippen LogP contribution in [0.1, 0.15) is 37.0 Å². The molecule has 100 valence electrons. The lowest BCUT2D eigenvalue weighted by Gasteiger charge is -2.31. The normalized spacial score (nSPS) is 11.3. The van der Waals surface area contributed by atoms with Crippen molar-refractivity contribution in [2.24, 2.45) is 5.73 Å². The zero-order valence-electron chi connectivity index (χ0n) is 10.6. The van der Waals surface area contributed by atoms with E-state index in [0.29, 0.717) is 19.4 Å². The summed E-state index contributed by atoms with van der Waals surface area (Å²) in [6, 6.07) is 2.35. The van der Waals surface area contributed by atoms with Crippen LogP contribution in [0.4, 0.5) is 0 Å². The summed E-state index contributed by atoms with van der Waals surface area (Å²) in [5.41, 5.74) is 4.81. The zero-order valence-corrected chi connectivity index (χ0v) is 10.6. The van der Waals surface area contributed by atoms with E-state index in [2.05, 4.69) is 10.3 Å². The van der Waals surface area contributed by atoms with E-state index in [0.717, 1.165) is 6.07 Å². The SMILES string of the molecule is CCC(CC)(CN)NC(=O)c1cc(O)[nH]c(=O)c1. The fourth-order valence-corrected chi connectivity index (χ4v) is 1.74. The van der Waals surface area contributed by atoms with E-state index in [1.807, 2.05) is 13.8 Å². The van der Waals surface area contributed by atoms with Gasteiger partial charge in [-0.1, -0.05) is 13.8 Å². The Morgan fingerprint density at radius 2 is 2.06 bits per heavy atom. The lowest BCUT2D eigenvalue weighted by molar-refractivity contribution is 0.0894. The molecule has 0 aromatic carbocycles. The predicted octanol–water partition coefficient (Wildman–Crippen LogP) is 0.328. The maximum Gasteiger partial charge on any atom is 0.252 e. The van der Waals surface area contributed by atoms with Crippen LogP contribution in [0.15, 0.2) is 16.9 Å². The summed E-state index contributed by atoms with van der Waals surface area (Å²) >= 11 is 0. The number of amides is 1. The monoisotopic (exact) mass is 253 g/mol. The standard InChI is InChI=1S/C12H19N3O3/c1-3-12(4-2,7-13)15-11(18)8-5-9(16)14-10(17)6-8/h5-6H,3-4,7,13H2,1-2H3,(H,15,18)(H2,14,16,17). The van der Waals surface area contributed by atoms with E-state index in [9.17, 15) is 14.7 Å². The minimum atomic E-state index is -0.522. The van der Waals surface area contributed by atoms with Crippen LogP contribution < -0.4 is 16.6 Å². The summed E-state index contributed by atoms with van der Waals surface area (Å²) in [6.07, 6.45) is 1.39. The average molecular weight is 253 g/mol. The number of H-pyrrole nitrogens is 1. The molecule has 0 radical (unpaired) electrons. The first-order valence-electron chi connectivity index (χ1n) is 5.92. The Hall–Kier alpha value is -1.82. The number of nitrogens with one attached hydrogen (secondary N) is 2. The molecule has 0 atom stereocenters. The van der Waals surface area contributed by atoms with Crippen LogP contribution in [0.25, 0.3) is 0 Å². The molecule has 6 nitrogen and oxygen atoms in total. The number of nitrogens with two attached hydrogens (primary N) is 1. The molecule has 0 aliphatic heterocycles. The van der Waals surface area contributed by atoms with Gasteiger partial charge in [-0.15, -0.1) is 0 Å². The van der Waals surface area contributed by atoms with Gasteiger partial charge in [-0.25, -0.2) is 0 Å². The first-order valence-corrected chi connectivity index (χ1v) is 5.92. The van der Waals surface area contributed by atoms with E-state index in [-0.39, 0.29) is 11.4 Å². The molecule has 0 fully saturated rings. The van der Waals surface area contributed by atoms with Crippen molar-refractivity contribution in [3.05, 3.63) is 28.0 Å². The first kappa shape index (κ1) is 14.2. The molecule has 1 amide bonds. The zero-order chi connectivity index (χ0) is 13.8. The molecular formula is C12H19N3O3. The Bertz CT molecular complexity index is 469. The molecule has 5 N–H and O–H groups in total. The minimum Gasteiger partial charge on any atom is -0.494 e. The van der Waals surface area contributed by atoms with Crippen molar-refractivity contribution >= 4 is 5.91 Å². The smallest absolute Gasteiger partial charge is 0.252 e. The summed E-state index contributed by atoms with van der Waals surface area (Å²) in [5, 5.41) is 12.1. The first-order chi connectivity index (χ1) is 8.46. The molecule has 0 aliphatic carbocycles. The van der Waals surface area contributed by atoms with Crippen molar-refractivity contribution in [2.75, 3.05) is 6.54 Å². The van der Waals surface area contributed by atoms with Gasteiger partial charge in [0.05, 0.1) is 11.1 Å². The molecule has 0 saturated heterocycles. The second-order valence-corrected chi connectivity index (χ2v) is 4.26. The van der Waals surface area contributed by atoms with Crippen molar-refractivity contribution in [3.8, 4) is 5.88 Å². The lowest BCUT2D eigenvalue weighted by Crippen LogP contribution is -2.53. The Morgan fingerprint density at radius 1 is 1.44 bits per heavy atom. The molecule has 18 heavy (non-hydrogen) atoms. The Kier molecular flexibility index (Phi) is 4.49. The second-order valence-electron chi connectivity index (χ2n) is 4.26. The number of rotatable bonds is 5. The van der Waals surface area contributed by atoms with Crippen LogP contribution >= 0.6 is 0 Å². The molecule has 0 spiro atoms. The molecule has 1 heterocycles. The highest BCUT2D eigenvalue weighted by Gasteiger charge is 2.26. The lowest BCUT2D eigenvalue weighted by atomic mass is 9.92. The Morgan fingerprint density at radius 3 is 2.50 bits per heavy atom. The summed E-state index contributed by atoms with van der Waals surface area (Å²) in [6.45, 7) is 4.19. The van der Waals surface area contributed by atoms with E-state index in [1.165, 1.54) is 6.07 Å². The van der Waals surface area contributed by atoms with Crippen molar-refractivity contribution in [1.82, 2.24) is 10.3 Å². The molecule has 1 aromatic heterocycles. The van der Waals surface area contributed by atoms with Gasteiger partial charge in [-0.05, 0) is 12.8 Å². The highest BCUT2D eigenvalue weighted by atomic mass is 16.3. The Labute approximate surface area is 105 Å². The van der Waals surface area contributed by atoms with Gasteiger partial charge in [0.2, 0.25) is 0 Å². The fourth-order valence-electron chi connectivity index (χ4n) is 1.74. The average Bonchev–Trinajstić information content (AvgIpc) is 2.35. The van der Waals surface area contributed by atoms with Crippen LogP contribution in [-0.2, 0) is 0 Å². The van der Waals surface area contributed by atoms with Crippen molar-refractivity contribution < 1.29 is 9.90 Å². The number of aromatic hydroxyl groups is 1. The van der Waals surface area contributed by atoms with Crippen molar-refractivity contribution in [3.63, 3.8) is 0 Å². The van der Waals surface area contributed by atoms with E-state index < -0.39 is 17.0 Å². The number of carbonyl (C=O) groups excluding carboxylic acids is 1. The van der Waals surface area contributed by atoms with Crippen molar-refractivity contribution in [1.29, 1.82) is 0 Å². The van der Waals surface area contributed by atoms with Gasteiger partial charge in [-0.3, -0.25) is 14.6 Å². The van der Waals surface area contributed by atoms with Gasteiger partial charge < -0.3 is 16.2 Å². The highest BCUT2D eigenvalue weighted by molar-refractivity contribution is 5.94. The van der Waals surface area contributed by atoms with Gasteiger partial charge in [0.1, 0.15) is 0 Å². The third-order valence-corrected chi connectivity index (χ3v) is 3.22. The van der Waals surface area contributed by atoms with Crippen LogP contribution in [0.2, 0.25) is 0 Å². The van der Waals surface area contributed by atoms with Crippen LogP contribution in [0, 0.1) is 0 Å². The van der Waals surface area contributed by atoms with Gasteiger partial charge in [0, 0.05) is 18.7 Å². The topological polar surface area (TPSA) is 108 Å². The second kappa shape index (κ2) is 5.68. The Balaban J connectivity index is 2.97. The van der Waals surface area contributed by atoms with E-state index in [1.54, 1.807) is 0 Å². The van der Waals surface area contributed by atoms with Gasteiger partial charge in [0.25, 0.3) is 11.5 Å². The molecule has 0 unspecified atom stereocenters. The maximum absolute atomic E-state index is 12.0. The van der Waals surface area contributed by atoms with Gasteiger partial charge >= 0.3 is 0 Å². The number of carbonyl (C=O) groups is 1. The molecular weight excluding hydrogens is 234 g/mol. The molecule has 0 bridgehead atoms. The fraction of sp³-hybridized carbons (Fsp3) is 0.500. The predicted molar refractivity (Wildman–Crippen MR) is 68.6 cm³/mol.